The van der Waals surface area contributed by atoms with Gasteiger partial charge in [0.2, 0.25) is 5.91 Å². The fourth-order valence-corrected chi connectivity index (χ4v) is 5.02. The van der Waals surface area contributed by atoms with Gasteiger partial charge in [0.05, 0.1) is 24.8 Å². The molecule has 8 nitrogen and oxygen atoms in total. The molecule has 3 heterocycles. The highest BCUT2D eigenvalue weighted by Crippen LogP contribution is 2.14. The number of aliphatic hydroxyl groups is 1. The van der Waals surface area contributed by atoms with Gasteiger partial charge in [-0.1, -0.05) is 12.8 Å². The standard InChI is InChI=1S/C23H31N3O5S/c27-22(14-26-23(28)17-32(29,30)16-19-8-11-31-15-19)6-5-21-13-18(7-10-25-21)12-20-4-2-1-3-9-24-20/h6-8,10-11,13,15,20,24,27H,1-5,9,12,14,16-17H2,(H,26,28)/b22-6-. The SMILES string of the molecule is O=C(CS(=O)(=O)Cc1ccoc1)NC/C(O)=C/Cc1cc(CC2CCCCCN2)ccn1. The molecule has 0 spiro atoms. The lowest BCUT2D eigenvalue weighted by Gasteiger charge is -2.15. The molecular weight excluding hydrogens is 430 g/mol. The molecule has 174 valence electrons. The van der Waals surface area contributed by atoms with Crippen LogP contribution in [0.2, 0.25) is 0 Å². The van der Waals surface area contributed by atoms with Crippen molar-refractivity contribution in [1.29, 1.82) is 0 Å². The second-order valence-corrected chi connectivity index (χ2v) is 10.3. The van der Waals surface area contributed by atoms with Crippen molar-refractivity contribution in [2.75, 3.05) is 18.8 Å². The molecule has 2 aromatic rings. The smallest absolute Gasteiger partial charge is 0.235 e. The fraction of sp³-hybridized carbons (Fsp3) is 0.478. The number of rotatable bonds is 10. The van der Waals surface area contributed by atoms with Crippen LogP contribution in [0.15, 0.2) is 53.2 Å². The number of carbonyl (C=O) groups is 1. The average Bonchev–Trinajstić information content (AvgIpc) is 3.11. The van der Waals surface area contributed by atoms with Crippen LogP contribution in [-0.2, 0) is 33.2 Å². The van der Waals surface area contributed by atoms with Crippen molar-refractivity contribution in [2.24, 2.45) is 0 Å². The molecule has 3 N–H and O–H groups in total. The summed E-state index contributed by atoms with van der Waals surface area (Å²) in [5.41, 5.74) is 2.53. The Balaban J connectivity index is 1.44. The Morgan fingerprint density at radius 1 is 1.28 bits per heavy atom. The molecular formula is C23H31N3O5S. The topological polar surface area (TPSA) is 122 Å². The van der Waals surface area contributed by atoms with Crippen molar-refractivity contribution >= 4 is 15.7 Å². The third-order valence-corrected chi connectivity index (χ3v) is 6.83. The van der Waals surface area contributed by atoms with Crippen LogP contribution in [0.1, 0.15) is 42.5 Å². The minimum atomic E-state index is -3.61. The van der Waals surface area contributed by atoms with Crippen LogP contribution in [0.3, 0.4) is 0 Å². The number of amides is 1. The summed E-state index contributed by atoms with van der Waals surface area (Å²) in [6, 6.07) is 6.08. The molecule has 0 bridgehead atoms. The highest BCUT2D eigenvalue weighted by Gasteiger charge is 2.18. The van der Waals surface area contributed by atoms with Gasteiger partial charge in [-0.05, 0) is 55.6 Å². The molecule has 1 saturated heterocycles. The van der Waals surface area contributed by atoms with E-state index in [1.165, 1.54) is 43.8 Å². The summed E-state index contributed by atoms with van der Waals surface area (Å²) in [7, 11) is -3.61. The van der Waals surface area contributed by atoms with Gasteiger partial charge in [0.1, 0.15) is 11.5 Å². The van der Waals surface area contributed by atoms with Gasteiger partial charge in [-0.15, -0.1) is 0 Å². The minimum Gasteiger partial charge on any atom is -0.511 e. The van der Waals surface area contributed by atoms with E-state index in [9.17, 15) is 18.3 Å². The van der Waals surface area contributed by atoms with Crippen LogP contribution in [0.4, 0.5) is 0 Å². The number of hydrogen-bond donors (Lipinski definition) is 3. The third kappa shape index (κ3) is 8.47. The highest BCUT2D eigenvalue weighted by molar-refractivity contribution is 7.91. The maximum Gasteiger partial charge on any atom is 0.235 e. The molecule has 1 aliphatic rings. The molecule has 1 unspecified atom stereocenters. The Morgan fingerprint density at radius 3 is 2.97 bits per heavy atom. The van der Waals surface area contributed by atoms with E-state index in [2.05, 4.69) is 15.6 Å². The van der Waals surface area contributed by atoms with Crippen LogP contribution in [0.5, 0.6) is 0 Å². The largest absolute Gasteiger partial charge is 0.511 e. The normalized spacial score (nSPS) is 17.6. The first-order valence-corrected chi connectivity index (χ1v) is 12.8. The van der Waals surface area contributed by atoms with Crippen LogP contribution < -0.4 is 10.6 Å². The quantitative estimate of drug-likeness (QED) is 0.465. The Bertz CT molecular complexity index is 994. The number of hydrogen-bond acceptors (Lipinski definition) is 7. The molecule has 0 aliphatic carbocycles. The number of carbonyl (C=O) groups excluding carboxylic acids is 1. The number of nitrogens with one attached hydrogen (secondary N) is 2. The van der Waals surface area contributed by atoms with Crippen molar-refractivity contribution in [3.8, 4) is 0 Å². The predicted molar refractivity (Wildman–Crippen MR) is 122 cm³/mol. The number of allylic oxidation sites excluding steroid dienone is 1. The first-order valence-electron chi connectivity index (χ1n) is 10.9. The van der Waals surface area contributed by atoms with Crippen molar-refractivity contribution in [3.63, 3.8) is 0 Å². The molecule has 3 rings (SSSR count). The lowest BCUT2D eigenvalue weighted by Crippen LogP contribution is -2.32. The number of furan rings is 1. The van der Waals surface area contributed by atoms with E-state index in [0.717, 1.165) is 18.7 Å². The van der Waals surface area contributed by atoms with Crippen molar-refractivity contribution in [3.05, 3.63) is 65.6 Å². The maximum atomic E-state index is 12.1. The van der Waals surface area contributed by atoms with Gasteiger partial charge in [0.15, 0.2) is 9.84 Å². The van der Waals surface area contributed by atoms with E-state index < -0.39 is 21.5 Å². The van der Waals surface area contributed by atoms with E-state index >= 15 is 0 Å². The summed E-state index contributed by atoms with van der Waals surface area (Å²) < 4.78 is 29.0. The highest BCUT2D eigenvalue weighted by atomic mass is 32.2. The van der Waals surface area contributed by atoms with E-state index in [-0.39, 0.29) is 18.1 Å². The van der Waals surface area contributed by atoms with Gasteiger partial charge in [0, 0.05) is 29.9 Å². The van der Waals surface area contributed by atoms with Gasteiger partial charge < -0.3 is 20.2 Å². The van der Waals surface area contributed by atoms with Gasteiger partial charge in [-0.25, -0.2) is 8.42 Å². The molecule has 9 heteroatoms. The molecule has 0 radical (unpaired) electrons. The lowest BCUT2D eigenvalue weighted by atomic mass is 10.0. The average molecular weight is 462 g/mol. The molecule has 32 heavy (non-hydrogen) atoms. The predicted octanol–water partition coefficient (Wildman–Crippen LogP) is 2.46. The summed E-state index contributed by atoms with van der Waals surface area (Å²) >= 11 is 0. The molecule has 1 fully saturated rings. The third-order valence-electron chi connectivity index (χ3n) is 5.36. The Kier molecular flexibility index (Phi) is 8.87. The molecule has 2 aromatic heterocycles. The Labute approximate surface area is 189 Å². The van der Waals surface area contributed by atoms with Gasteiger partial charge in [-0.2, -0.15) is 0 Å². The summed E-state index contributed by atoms with van der Waals surface area (Å²) in [4.78, 5) is 16.3. The first-order chi connectivity index (χ1) is 15.4. The minimum absolute atomic E-state index is 0.0387. The Hall–Kier alpha value is -2.65. The monoisotopic (exact) mass is 461 g/mol. The van der Waals surface area contributed by atoms with Crippen LogP contribution in [0, 0.1) is 0 Å². The number of pyridine rings is 1. The molecule has 0 saturated carbocycles. The van der Waals surface area contributed by atoms with Crippen molar-refractivity contribution < 1.29 is 22.7 Å². The van der Waals surface area contributed by atoms with Crippen LogP contribution in [0.25, 0.3) is 0 Å². The van der Waals surface area contributed by atoms with E-state index in [1.807, 2.05) is 12.1 Å². The van der Waals surface area contributed by atoms with Crippen molar-refractivity contribution in [2.45, 2.75) is 50.3 Å². The maximum absolute atomic E-state index is 12.1. The van der Waals surface area contributed by atoms with Crippen LogP contribution >= 0.6 is 0 Å². The summed E-state index contributed by atoms with van der Waals surface area (Å²) in [6.07, 6.45) is 12.4. The zero-order valence-corrected chi connectivity index (χ0v) is 18.9. The number of aromatic nitrogens is 1. The zero-order valence-electron chi connectivity index (χ0n) is 18.1. The summed E-state index contributed by atoms with van der Waals surface area (Å²) in [6.45, 7) is 0.932. The Morgan fingerprint density at radius 2 is 2.16 bits per heavy atom. The lowest BCUT2D eigenvalue weighted by molar-refractivity contribution is -0.118. The number of sulfone groups is 1. The fourth-order valence-electron chi connectivity index (χ4n) is 3.74. The molecule has 1 atom stereocenters. The molecule has 1 amide bonds. The van der Waals surface area contributed by atoms with Gasteiger partial charge in [0.25, 0.3) is 0 Å². The summed E-state index contributed by atoms with van der Waals surface area (Å²) in [5.74, 6) is -1.62. The van der Waals surface area contributed by atoms with Gasteiger partial charge in [-0.3, -0.25) is 9.78 Å². The van der Waals surface area contributed by atoms with E-state index in [1.54, 1.807) is 18.3 Å². The van der Waals surface area contributed by atoms with Gasteiger partial charge >= 0.3 is 0 Å². The first kappa shape index (κ1) is 24.0. The molecule has 1 aliphatic heterocycles. The van der Waals surface area contributed by atoms with E-state index in [0.29, 0.717) is 18.0 Å². The number of nitrogens with zero attached hydrogens (tertiary/aromatic N) is 1. The zero-order chi connectivity index (χ0) is 22.8. The second kappa shape index (κ2) is 11.8. The van der Waals surface area contributed by atoms with Crippen LogP contribution in [-0.4, -0.2) is 49.3 Å². The molecule has 0 aromatic carbocycles. The van der Waals surface area contributed by atoms with Crippen molar-refractivity contribution in [1.82, 2.24) is 15.6 Å². The second-order valence-electron chi connectivity index (χ2n) is 8.20. The summed E-state index contributed by atoms with van der Waals surface area (Å²) in [5, 5.41) is 16.1. The van der Waals surface area contributed by atoms with E-state index in [4.69, 9.17) is 4.42 Å². The number of aliphatic hydroxyl groups excluding tert-OH is 1.